The van der Waals surface area contributed by atoms with Crippen molar-refractivity contribution >= 4 is 17.4 Å². The van der Waals surface area contributed by atoms with E-state index < -0.39 is 0 Å². The minimum absolute atomic E-state index is 0.425. The predicted molar refractivity (Wildman–Crippen MR) is 106 cm³/mol. The summed E-state index contributed by atoms with van der Waals surface area (Å²) < 4.78 is 2.07. The molecule has 1 saturated heterocycles. The maximum Gasteiger partial charge on any atom is 0.187 e. The molecular weight excluding hydrogens is 356 g/mol. The van der Waals surface area contributed by atoms with E-state index in [0.717, 1.165) is 41.6 Å². The van der Waals surface area contributed by atoms with Crippen LogP contribution in [0, 0.1) is 6.92 Å². The van der Waals surface area contributed by atoms with E-state index in [2.05, 4.69) is 48.7 Å². The van der Waals surface area contributed by atoms with Crippen LogP contribution in [0.4, 0.5) is 0 Å². The van der Waals surface area contributed by atoms with Gasteiger partial charge in [0.25, 0.3) is 0 Å². The fraction of sp³-hybridized carbons (Fsp3) is 0.500. The van der Waals surface area contributed by atoms with E-state index in [1.54, 1.807) is 11.8 Å². The van der Waals surface area contributed by atoms with Gasteiger partial charge in [0.1, 0.15) is 0 Å². The summed E-state index contributed by atoms with van der Waals surface area (Å²) >= 11 is 1.73. The molecule has 140 valence electrons. The van der Waals surface area contributed by atoms with Gasteiger partial charge < -0.3 is 0 Å². The number of aromatic nitrogens is 5. The third-order valence-corrected chi connectivity index (χ3v) is 6.73. The van der Waals surface area contributed by atoms with Crippen LogP contribution in [-0.2, 0) is 13.0 Å². The van der Waals surface area contributed by atoms with Crippen LogP contribution < -0.4 is 0 Å². The van der Waals surface area contributed by atoms with Gasteiger partial charge in [0.15, 0.2) is 10.8 Å². The summed E-state index contributed by atoms with van der Waals surface area (Å²) in [6.07, 6.45) is 10.7. The molecule has 6 nitrogen and oxygen atoms in total. The van der Waals surface area contributed by atoms with Gasteiger partial charge in [-0.1, -0.05) is 18.7 Å². The summed E-state index contributed by atoms with van der Waals surface area (Å²) in [5, 5.41) is 5.56. The van der Waals surface area contributed by atoms with Crippen molar-refractivity contribution < 1.29 is 0 Å². The van der Waals surface area contributed by atoms with E-state index in [0.29, 0.717) is 12.1 Å². The highest BCUT2D eigenvalue weighted by atomic mass is 32.2. The minimum Gasteiger partial charge on any atom is -0.289 e. The summed E-state index contributed by atoms with van der Waals surface area (Å²) in [6.45, 7) is 5.12. The van der Waals surface area contributed by atoms with Gasteiger partial charge in [-0.3, -0.25) is 4.90 Å². The van der Waals surface area contributed by atoms with Crippen molar-refractivity contribution in [3.63, 3.8) is 0 Å². The SMILES string of the molecule is CCCSc1ncc(CN2[C@@H]3CC[C@@H]2c2cnc4cc(C)nn4c2C3)cn1. The lowest BCUT2D eigenvalue weighted by Crippen LogP contribution is -2.38. The molecule has 0 aromatic carbocycles. The van der Waals surface area contributed by atoms with Crippen LogP contribution in [0.15, 0.2) is 29.8 Å². The highest BCUT2D eigenvalue weighted by Gasteiger charge is 2.41. The number of nitrogens with zero attached hydrogens (tertiary/aromatic N) is 6. The molecule has 0 saturated carbocycles. The van der Waals surface area contributed by atoms with Crippen LogP contribution in [0.1, 0.15) is 54.7 Å². The fourth-order valence-corrected chi connectivity index (χ4v) is 5.09. The normalized spacial score (nSPS) is 21.7. The summed E-state index contributed by atoms with van der Waals surface area (Å²) in [7, 11) is 0. The van der Waals surface area contributed by atoms with Gasteiger partial charge in [-0.25, -0.2) is 19.5 Å². The summed E-state index contributed by atoms with van der Waals surface area (Å²) in [4.78, 5) is 16.4. The fourth-order valence-electron chi connectivity index (χ4n) is 4.45. The Balaban J connectivity index is 1.40. The first-order valence-corrected chi connectivity index (χ1v) is 10.7. The molecule has 0 unspecified atom stereocenters. The molecule has 3 aromatic rings. The zero-order valence-electron chi connectivity index (χ0n) is 15.8. The molecule has 0 aliphatic carbocycles. The van der Waals surface area contributed by atoms with Crippen LogP contribution in [0.5, 0.6) is 0 Å². The second-order valence-corrected chi connectivity index (χ2v) is 8.62. The van der Waals surface area contributed by atoms with E-state index in [1.807, 2.05) is 19.3 Å². The number of fused-ring (bicyclic) bond motifs is 6. The van der Waals surface area contributed by atoms with Gasteiger partial charge >= 0.3 is 0 Å². The summed E-state index contributed by atoms with van der Waals surface area (Å²) in [5.74, 6) is 1.07. The quantitative estimate of drug-likeness (QED) is 0.498. The number of aryl methyl sites for hydroxylation is 1. The topological polar surface area (TPSA) is 59.2 Å². The monoisotopic (exact) mass is 380 g/mol. The molecule has 2 aliphatic rings. The average molecular weight is 381 g/mol. The largest absolute Gasteiger partial charge is 0.289 e. The van der Waals surface area contributed by atoms with Crippen LogP contribution in [0.3, 0.4) is 0 Å². The van der Waals surface area contributed by atoms with E-state index in [4.69, 9.17) is 0 Å². The van der Waals surface area contributed by atoms with Crippen LogP contribution >= 0.6 is 11.8 Å². The first kappa shape index (κ1) is 17.1. The van der Waals surface area contributed by atoms with E-state index >= 15 is 0 Å². The van der Waals surface area contributed by atoms with Crippen molar-refractivity contribution in [3.05, 3.63) is 47.2 Å². The molecular formula is C20H24N6S. The third-order valence-electron chi connectivity index (χ3n) is 5.65. The zero-order chi connectivity index (χ0) is 18.4. The molecule has 0 amide bonds. The lowest BCUT2D eigenvalue weighted by molar-refractivity contribution is 0.164. The molecule has 27 heavy (non-hydrogen) atoms. The van der Waals surface area contributed by atoms with E-state index in [-0.39, 0.29) is 0 Å². The highest BCUT2D eigenvalue weighted by Crippen LogP contribution is 2.44. The van der Waals surface area contributed by atoms with Gasteiger partial charge in [0, 0.05) is 66.6 Å². The zero-order valence-corrected chi connectivity index (χ0v) is 16.6. The van der Waals surface area contributed by atoms with Gasteiger partial charge in [0.05, 0.1) is 11.4 Å². The molecule has 5 heterocycles. The Morgan fingerprint density at radius 3 is 2.81 bits per heavy atom. The van der Waals surface area contributed by atoms with Gasteiger partial charge in [-0.15, -0.1) is 0 Å². The number of hydrogen-bond donors (Lipinski definition) is 0. The van der Waals surface area contributed by atoms with Crippen LogP contribution in [-0.4, -0.2) is 41.3 Å². The van der Waals surface area contributed by atoms with Crippen molar-refractivity contribution in [2.24, 2.45) is 0 Å². The highest BCUT2D eigenvalue weighted by molar-refractivity contribution is 7.99. The van der Waals surface area contributed by atoms with Crippen molar-refractivity contribution in [2.45, 2.75) is 63.3 Å². The smallest absolute Gasteiger partial charge is 0.187 e. The molecule has 2 bridgehead atoms. The second-order valence-electron chi connectivity index (χ2n) is 7.56. The molecule has 1 fully saturated rings. The predicted octanol–water partition coefficient (Wildman–Crippen LogP) is 3.59. The Morgan fingerprint density at radius 1 is 1.15 bits per heavy atom. The molecule has 0 radical (unpaired) electrons. The van der Waals surface area contributed by atoms with Crippen molar-refractivity contribution in [1.82, 2.24) is 29.5 Å². The van der Waals surface area contributed by atoms with Crippen molar-refractivity contribution in [3.8, 4) is 0 Å². The molecule has 7 heteroatoms. The molecule has 5 rings (SSSR count). The number of rotatable bonds is 5. The van der Waals surface area contributed by atoms with Crippen molar-refractivity contribution in [1.29, 1.82) is 0 Å². The van der Waals surface area contributed by atoms with Gasteiger partial charge in [0.2, 0.25) is 0 Å². The standard InChI is InChI=1S/C20H24N6S/c1-3-6-27-20-22-9-14(10-23-20)12-25-15-4-5-17(25)16-11-21-19-7-13(2)24-26(19)18(16)8-15/h7,9-11,15,17H,3-6,8,12H2,1-2H3/t15-,17-/m1/s1. The Kier molecular flexibility index (Phi) is 4.36. The maximum atomic E-state index is 4.68. The molecule has 2 atom stereocenters. The molecule has 3 aromatic heterocycles. The van der Waals surface area contributed by atoms with Gasteiger partial charge in [-0.2, -0.15) is 5.10 Å². The lowest BCUT2D eigenvalue weighted by Gasteiger charge is -2.36. The second kappa shape index (κ2) is 6.87. The molecule has 0 N–H and O–H groups in total. The maximum absolute atomic E-state index is 4.68. The van der Waals surface area contributed by atoms with Crippen LogP contribution in [0.25, 0.3) is 5.65 Å². The number of thioether (sulfide) groups is 1. The first-order chi connectivity index (χ1) is 13.2. The summed E-state index contributed by atoms with van der Waals surface area (Å²) in [6, 6.07) is 3.05. The first-order valence-electron chi connectivity index (χ1n) is 9.76. The Morgan fingerprint density at radius 2 is 2.00 bits per heavy atom. The summed E-state index contributed by atoms with van der Waals surface area (Å²) in [5.41, 5.74) is 5.88. The minimum atomic E-state index is 0.425. The van der Waals surface area contributed by atoms with Crippen molar-refractivity contribution in [2.75, 3.05) is 5.75 Å². The van der Waals surface area contributed by atoms with E-state index in [9.17, 15) is 0 Å². The number of hydrogen-bond acceptors (Lipinski definition) is 6. The lowest BCUT2D eigenvalue weighted by atomic mass is 9.98. The molecule has 0 spiro atoms. The average Bonchev–Trinajstić information content (AvgIpc) is 3.19. The Hall–Kier alpha value is -1.99. The Labute approximate surface area is 163 Å². The molecule has 2 aliphatic heterocycles. The van der Waals surface area contributed by atoms with Gasteiger partial charge in [-0.05, 0) is 26.2 Å². The Bertz CT molecular complexity index is 967. The van der Waals surface area contributed by atoms with Crippen LogP contribution in [0.2, 0.25) is 0 Å². The van der Waals surface area contributed by atoms with E-state index in [1.165, 1.54) is 29.7 Å². The third kappa shape index (κ3) is 3.02.